The van der Waals surface area contributed by atoms with Gasteiger partial charge in [-0.1, -0.05) is 35.0 Å². The van der Waals surface area contributed by atoms with E-state index >= 15 is 0 Å². The second-order valence-corrected chi connectivity index (χ2v) is 6.05. The van der Waals surface area contributed by atoms with Crippen molar-refractivity contribution in [1.82, 2.24) is 0 Å². The highest BCUT2D eigenvalue weighted by Crippen LogP contribution is 2.15. The van der Waals surface area contributed by atoms with Gasteiger partial charge in [0.25, 0.3) is 10.1 Å². The molecule has 5 heteroatoms. The second-order valence-electron chi connectivity index (χ2n) is 3.33. The lowest BCUT2D eigenvalue weighted by Crippen LogP contribution is -2.02. The molecule has 3 nitrogen and oxygen atoms in total. The first kappa shape index (κ1) is 12.7. The first-order valence-electron chi connectivity index (χ1n) is 4.64. The Morgan fingerprint density at radius 2 is 1.87 bits per heavy atom. The standard InChI is InChI=1S/C10H13BrO3S/c1-2-9(11)7-8-3-5-10(6-4-8)15(12,13)14/h3-6,9H,2,7H2,1H3,(H,12,13,14). The zero-order valence-corrected chi connectivity index (χ0v) is 10.8. The molecule has 0 aromatic heterocycles. The van der Waals surface area contributed by atoms with E-state index in [0.29, 0.717) is 4.83 Å². The van der Waals surface area contributed by atoms with Crippen molar-refractivity contribution >= 4 is 26.0 Å². The number of hydrogen-bond acceptors (Lipinski definition) is 2. The van der Waals surface area contributed by atoms with Gasteiger partial charge in [-0.3, -0.25) is 4.55 Å². The number of benzene rings is 1. The van der Waals surface area contributed by atoms with Crippen LogP contribution in [-0.4, -0.2) is 17.8 Å². The van der Waals surface area contributed by atoms with Crippen molar-refractivity contribution in [2.75, 3.05) is 0 Å². The number of alkyl halides is 1. The van der Waals surface area contributed by atoms with E-state index in [0.717, 1.165) is 18.4 Å². The van der Waals surface area contributed by atoms with Gasteiger partial charge in [-0.05, 0) is 30.5 Å². The monoisotopic (exact) mass is 292 g/mol. The third kappa shape index (κ3) is 3.93. The van der Waals surface area contributed by atoms with E-state index < -0.39 is 10.1 Å². The van der Waals surface area contributed by atoms with Crippen molar-refractivity contribution in [3.05, 3.63) is 29.8 Å². The Morgan fingerprint density at radius 3 is 2.27 bits per heavy atom. The van der Waals surface area contributed by atoms with E-state index in [2.05, 4.69) is 22.9 Å². The molecule has 0 saturated carbocycles. The van der Waals surface area contributed by atoms with Gasteiger partial charge in [0, 0.05) is 4.83 Å². The van der Waals surface area contributed by atoms with Gasteiger partial charge in [-0.2, -0.15) is 8.42 Å². The predicted octanol–water partition coefficient (Wildman–Crippen LogP) is 2.65. The summed E-state index contributed by atoms with van der Waals surface area (Å²) in [5.41, 5.74) is 1.05. The Morgan fingerprint density at radius 1 is 1.33 bits per heavy atom. The zero-order chi connectivity index (χ0) is 11.5. The number of halogens is 1. The summed E-state index contributed by atoms with van der Waals surface area (Å²) in [5, 5.41) is 0. The van der Waals surface area contributed by atoms with Crippen molar-refractivity contribution in [2.45, 2.75) is 29.5 Å². The van der Waals surface area contributed by atoms with Crippen molar-refractivity contribution in [1.29, 1.82) is 0 Å². The predicted molar refractivity (Wildman–Crippen MR) is 63.0 cm³/mol. The molecule has 0 amide bonds. The van der Waals surface area contributed by atoms with E-state index in [1.807, 2.05) is 0 Å². The minimum atomic E-state index is -4.07. The van der Waals surface area contributed by atoms with Crippen molar-refractivity contribution < 1.29 is 13.0 Å². The van der Waals surface area contributed by atoms with Crippen molar-refractivity contribution in [3.8, 4) is 0 Å². The average molecular weight is 293 g/mol. The third-order valence-corrected chi connectivity index (χ3v) is 3.96. The van der Waals surface area contributed by atoms with Gasteiger partial charge in [0.15, 0.2) is 0 Å². The molecule has 0 fully saturated rings. The van der Waals surface area contributed by atoms with Crippen LogP contribution in [0.25, 0.3) is 0 Å². The highest BCUT2D eigenvalue weighted by Gasteiger charge is 2.09. The fourth-order valence-corrected chi connectivity index (χ4v) is 2.05. The molecular weight excluding hydrogens is 280 g/mol. The summed E-state index contributed by atoms with van der Waals surface area (Å²) in [5.74, 6) is 0. The van der Waals surface area contributed by atoms with Crippen LogP contribution in [0.3, 0.4) is 0 Å². The summed E-state index contributed by atoms with van der Waals surface area (Å²) in [7, 11) is -4.07. The van der Waals surface area contributed by atoms with Gasteiger partial charge in [-0.15, -0.1) is 0 Å². The first-order valence-corrected chi connectivity index (χ1v) is 6.99. The quantitative estimate of drug-likeness (QED) is 0.686. The highest BCUT2D eigenvalue weighted by molar-refractivity contribution is 9.09. The fourth-order valence-electron chi connectivity index (χ4n) is 1.20. The minimum absolute atomic E-state index is 0.0612. The van der Waals surface area contributed by atoms with E-state index in [1.165, 1.54) is 12.1 Å². The SMILES string of the molecule is CCC(Br)Cc1ccc(S(=O)(=O)O)cc1. The van der Waals surface area contributed by atoms with Crippen LogP contribution in [0, 0.1) is 0 Å². The van der Waals surface area contributed by atoms with E-state index in [4.69, 9.17) is 4.55 Å². The molecule has 1 unspecified atom stereocenters. The van der Waals surface area contributed by atoms with Crippen LogP contribution >= 0.6 is 15.9 Å². The van der Waals surface area contributed by atoms with Gasteiger partial charge >= 0.3 is 0 Å². The summed E-state index contributed by atoms with van der Waals surface area (Å²) < 4.78 is 30.3. The maximum Gasteiger partial charge on any atom is 0.294 e. The number of hydrogen-bond donors (Lipinski definition) is 1. The normalized spacial score (nSPS) is 13.8. The summed E-state index contributed by atoms with van der Waals surface area (Å²) in [6.45, 7) is 2.08. The maximum absolute atomic E-state index is 10.8. The molecule has 0 saturated heterocycles. The highest BCUT2D eigenvalue weighted by atomic mass is 79.9. The zero-order valence-electron chi connectivity index (χ0n) is 8.35. The Balaban J connectivity index is 2.82. The molecule has 0 spiro atoms. The summed E-state index contributed by atoms with van der Waals surface area (Å²) in [6.07, 6.45) is 1.86. The molecule has 84 valence electrons. The minimum Gasteiger partial charge on any atom is -0.282 e. The Kier molecular flexibility index (Phi) is 4.31. The molecule has 1 aromatic rings. The fraction of sp³-hybridized carbons (Fsp3) is 0.400. The first-order chi connectivity index (χ1) is 6.93. The molecular formula is C10H13BrO3S. The van der Waals surface area contributed by atoms with Crippen LogP contribution in [0.2, 0.25) is 0 Å². The lowest BCUT2D eigenvalue weighted by Gasteiger charge is -2.06. The molecule has 1 aromatic carbocycles. The van der Waals surface area contributed by atoms with Crippen LogP contribution < -0.4 is 0 Å². The van der Waals surface area contributed by atoms with Crippen LogP contribution in [0.4, 0.5) is 0 Å². The maximum atomic E-state index is 10.8. The summed E-state index contributed by atoms with van der Waals surface area (Å²) >= 11 is 3.50. The largest absolute Gasteiger partial charge is 0.294 e. The Bertz CT molecular complexity index is 411. The smallest absolute Gasteiger partial charge is 0.282 e. The van der Waals surface area contributed by atoms with Gasteiger partial charge < -0.3 is 0 Å². The average Bonchev–Trinajstić information content (AvgIpc) is 2.17. The summed E-state index contributed by atoms with van der Waals surface area (Å²) in [6, 6.07) is 6.26. The van der Waals surface area contributed by atoms with Gasteiger partial charge in [0.05, 0.1) is 4.90 Å². The third-order valence-electron chi connectivity index (χ3n) is 2.12. The summed E-state index contributed by atoms with van der Waals surface area (Å²) in [4.78, 5) is 0.336. The lowest BCUT2D eigenvalue weighted by atomic mass is 10.1. The second kappa shape index (κ2) is 5.09. The van der Waals surface area contributed by atoms with E-state index in [1.54, 1.807) is 12.1 Å². The molecule has 0 aliphatic heterocycles. The van der Waals surface area contributed by atoms with E-state index in [9.17, 15) is 8.42 Å². The Labute approximate surface area is 98.4 Å². The number of rotatable bonds is 4. The van der Waals surface area contributed by atoms with Crippen LogP contribution in [-0.2, 0) is 16.5 Å². The molecule has 0 radical (unpaired) electrons. The molecule has 1 rings (SSSR count). The molecule has 0 bridgehead atoms. The van der Waals surface area contributed by atoms with Crippen LogP contribution in [0.5, 0.6) is 0 Å². The van der Waals surface area contributed by atoms with Gasteiger partial charge in [-0.25, -0.2) is 0 Å². The van der Waals surface area contributed by atoms with Crippen LogP contribution in [0.15, 0.2) is 29.2 Å². The van der Waals surface area contributed by atoms with Gasteiger partial charge in [0.2, 0.25) is 0 Å². The molecule has 0 aliphatic rings. The van der Waals surface area contributed by atoms with Gasteiger partial charge in [0.1, 0.15) is 0 Å². The Hall–Kier alpha value is -0.390. The lowest BCUT2D eigenvalue weighted by molar-refractivity contribution is 0.483. The molecule has 1 atom stereocenters. The molecule has 0 heterocycles. The molecule has 15 heavy (non-hydrogen) atoms. The molecule has 1 N–H and O–H groups in total. The molecule has 0 aliphatic carbocycles. The van der Waals surface area contributed by atoms with E-state index in [-0.39, 0.29) is 4.90 Å². The van der Waals surface area contributed by atoms with Crippen molar-refractivity contribution in [3.63, 3.8) is 0 Å². The van der Waals surface area contributed by atoms with Crippen LogP contribution in [0.1, 0.15) is 18.9 Å². The topological polar surface area (TPSA) is 54.4 Å². The van der Waals surface area contributed by atoms with Crippen molar-refractivity contribution in [2.24, 2.45) is 0 Å².